The third-order valence-electron chi connectivity index (χ3n) is 2.57. The van der Waals surface area contributed by atoms with Crippen LogP contribution in [0.25, 0.3) is 0 Å². The number of methoxy groups -OCH3 is 2. The van der Waals surface area contributed by atoms with E-state index in [0.29, 0.717) is 27.5 Å². The number of furan rings is 1. The van der Waals surface area contributed by atoms with Crippen molar-refractivity contribution in [2.75, 3.05) is 14.2 Å². The standard InChI is InChI=1S/C14H13BrN2O4/c1-19-11-5-9(6-12(7-11)20-2)14(18)17-16-8-10-3-4-13(15)21-10/h3-8H,1-2H3,(H,17,18). The molecule has 7 heteroatoms. The number of hydrazone groups is 1. The molecule has 1 N–H and O–H groups in total. The first-order valence-electron chi connectivity index (χ1n) is 5.94. The lowest BCUT2D eigenvalue weighted by Crippen LogP contribution is -2.17. The first-order valence-corrected chi connectivity index (χ1v) is 6.73. The van der Waals surface area contributed by atoms with Gasteiger partial charge in [0, 0.05) is 11.6 Å². The summed E-state index contributed by atoms with van der Waals surface area (Å²) in [5.41, 5.74) is 2.78. The van der Waals surface area contributed by atoms with E-state index < -0.39 is 0 Å². The number of halogens is 1. The van der Waals surface area contributed by atoms with Gasteiger partial charge in [-0.25, -0.2) is 5.43 Å². The second-order valence-electron chi connectivity index (χ2n) is 3.94. The third-order valence-corrected chi connectivity index (χ3v) is 2.99. The first-order chi connectivity index (χ1) is 10.1. The van der Waals surface area contributed by atoms with Gasteiger partial charge in [-0.15, -0.1) is 0 Å². The number of nitrogens with zero attached hydrogens (tertiary/aromatic N) is 1. The Morgan fingerprint density at radius 1 is 1.24 bits per heavy atom. The Kier molecular flexibility index (Phi) is 4.99. The number of amides is 1. The van der Waals surface area contributed by atoms with Gasteiger partial charge in [-0.05, 0) is 40.2 Å². The summed E-state index contributed by atoms with van der Waals surface area (Å²) in [6.07, 6.45) is 1.40. The van der Waals surface area contributed by atoms with Crippen LogP contribution in [0, 0.1) is 0 Å². The highest BCUT2D eigenvalue weighted by molar-refractivity contribution is 9.10. The number of carbonyl (C=O) groups is 1. The highest BCUT2D eigenvalue weighted by Crippen LogP contribution is 2.22. The molecule has 0 fully saturated rings. The zero-order valence-electron chi connectivity index (χ0n) is 11.4. The van der Waals surface area contributed by atoms with Crippen LogP contribution in [0.5, 0.6) is 11.5 Å². The van der Waals surface area contributed by atoms with Crippen molar-refractivity contribution in [3.8, 4) is 11.5 Å². The van der Waals surface area contributed by atoms with Gasteiger partial charge in [0.2, 0.25) is 0 Å². The minimum absolute atomic E-state index is 0.379. The molecule has 0 aliphatic carbocycles. The molecule has 1 amide bonds. The minimum atomic E-state index is -0.380. The molecule has 6 nitrogen and oxygen atoms in total. The van der Waals surface area contributed by atoms with Crippen molar-refractivity contribution in [1.82, 2.24) is 5.43 Å². The van der Waals surface area contributed by atoms with Crippen molar-refractivity contribution < 1.29 is 18.7 Å². The van der Waals surface area contributed by atoms with Gasteiger partial charge < -0.3 is 13.9 Å². The summed E-state index contributed by atoms with van der Waals surface area (Å²) in [5.74, 6) is 1.19. The number of nitrogens with one attached hydrogen (secondary N) is 1. The first kappa shape index (κ1) is 15.1. The lowest BCUT2D eigenvalue weighted by Gasteiger charge is -2.07. The van der Waals surface area contributed by atoms with Crippen LogP contribution < -0.4 is 14.9 Å². The molecule has 1 aromatic heterocycles. The second kappa shape index (κ2) is 6.94. The van der Waals surface area contributed by atoms with Gasteiger partial charge >= 0.3 is 0 Å². The van der Waals surface area contributed by atoms with Gasteiger partial charge in [-0.3, -0.25) is 4.79 Å². The topological polar surface area (TPSA) is 73.1 Å². The van der Waals surface area contributed by atoms with Gasteiger partial charge in [0.25, 0.3) is 5.91 Å². The van der Waals surface area contributed by atoms with Gasteiger partial charge in [-0.1, -0.05) is 0 Å². The molecule has 1 aromatic carbocycles. The molecular weight excluding hydrogens is 340 g/mol. The van der Waals surface area contributed by atoms with E-state index in [-0.39, 0.29) is 5.91 Å². The Labute approximate surface area is 129 Å². The van der Waals surface area contributed by atoms with Gasteiger partial charge in [-0.2, -0.15) is 5.10 Å². The van der Waals surface area contributed by atoms with Gasteiger partial charge in [0.1, 0.15) is 17.3 Å². The zero-order valence-corrected chi connectivity index (χ0v) is 13.0. The summed E-state index contributed by atoms with van der Waals surface area (Å²) < 4.78 is 16.0. The minimum Gasteiger partial charge on any atom is -0.497 e. The molecule has 2 rings (SSSR count). The number of benzene rings is 1. The fraction of sp³-hybridized carbons (Fsp3) is 0.143. The van der Waals surface area contributed by atoms with E-state index >= 15 is 0 Å². The van der Waals surface area contributed by atoms with E-state index in [0.717, 1.165) is 0 Å². The summed E-state index contributed by atoms with van der Waals surface area (Å²) in [7, 11) is 3.03. The van der Waals surface area contributed by atoms with Crippen molar-refractivity contribution in [3.63, 3.8) is 0 Å². The zero-order chi connectivity index (χ0) is 15.2. The molecule has 0 bridgehead atoms. The monoisotopic (exact) mass is 352 g/mol. The van der Waals surface area contributed by atoms with Crippen LogP contribution in [0.1, 0.15) is 16.1 Å². The van der Waals surface area contributed by atoms with E-state index in [9.17, 15) is 4.79 Å². The normalized spacial score (nSPS) is 10.6. The highest BCUT2D eigenvalue weighted by atomic mass is 79.9. The molecule has 21 heavy (non-hydrogen) atoms. The summed E-state index contributed by atoms with van der Waals surface area (Å²) >= 11 is 3.18. The second-order valence-corrected chi connectivity index (χ2v) is 4.72. The number of hydrogen-bond acceptors (Lipinski definition) is 5. The Morgan fingerprint density at radius 2 is 1.90 bits per heavy atom. The largest absolute Gasteiger partial charge is 0.497 e. The molecule has 0 radical (unpaired) electrons. The van der Waals surface area contributed by atoms with E-state index in [1.165, 1.54) is 20.4 Å². The Bertz CT molecular complexity index is 644. The number of ether oxygens (including phenoxy) is 2. The number of hydrogen-bond donors (Lipinski definition) is 1. The van der Waals surface area contributed by atoms with Crippen molar-refractivity contribution in [2.24, 2.45) is 5.10 Å². The highest BCUT2D eigenvalue weighted by Gasteiger charge is 2.09. The molecule has 110 valence electrons. The predicted molar refractivity (Wildman–Crippen MR) is 81.0 cm³/mol. The lowest BCUT2D eigenvalue weighted by atomic mass is 10.2. The van der Waals surface area contributed by atoms with Gasteiger partial charge in [0.05, 0.1) is 20.4 Å². The van der Waals surface area contributed by atoms with Crippen LogP contribution in [0.4, 0.5) is 0 Å². The summed E-state index contributed by atoms with van der Waals surface area (Å²) in [5, 5.41) is 3.82. The smallest absolute Gasteiger partial charge is 0.271 e. The molecule has 0 spiro atoms. The van der Waals surface area contributed by atoms with Crippen LogP contribution in [0.15, 0.2) is 44.5 Å². The molecule has 0 unspecified atom stereocenters. The molecule has 0 atom stereocenters. The van der Waals surface area contributed by atoms with E-state index in [1.807, 2.05) is 0 Å². The quantitative estimate of drug-likeness (QED) is 0.663. The lowest BCUT2D eigenvalue weighted by molar-refractivity contribution is 0.0954. The molecule has 2 aromatic rings. The summed E-state index contributed by atoms with van der Waals surface area (Å²) in [4.78, 5) is 12.0. The molecule has 0 aliphatic heterocycles. The summed E-state index contributed by atoms with van der Waals surface area (Å²) in [6, 6.07) is 8.32. The van der Waals surface area contributed by atoms with Crippen molar-refractivity contribution in [1.29, 1.82) is 0 Å². The number of rotatable bonds is 5. The maximum Gasteiger partial charge on any atom is 0.271 e. The van der Waals surface area contributed by atoms with Crippen molar-refractivity contribution >= 4 is 28.1 Å². The van der Waals surface area contributed by atoms with Gasteiger partial charge in [0.15, 0.2) is 4.67 Å². The Morgan fingerprint density at radius 3 is 2.43 bits per heavy atom. The van der Waals surface area contributed by atoms with E-state index in [1.54, 1.807) is 30.3 Å². The number of carbonyl (C=O) groups excluding carboxylic acids is 1. The van der Waals surface area contributed by atoms with Crippen LogP contribution >= 0.6 is 15.9 Å². The molecular formula is C14H13BrN2O4. The summed E-state index contributed by atoms with van der Waals surface area (Å²) in [6.45, 7) is 0. The fourth-order valence-electron chi connectivity index (χ4n) is 1.56. The molecule has 0 saturated carbocycles. The Hall–Kier alpha value is -2.28. The average Bonchev–Trinajstić information content (AvgIpc) is 2.92. The third kappa shape index (κ3) is 4.09. The van der Waals surface area contributed by atoms with E-state index in [4.69, 9.17) is 13.9 Å². The van der Waals surface area contributed by atoms with Crippen LogP contribution in [-0.4, -0.2) is 26.3 Å². The van der Waals surface area contributed by atoms with Crippen LogP contribution in [0.2, 0.25) is 0 Å². The van der Waals surface area contributed by atoms with Crippen LogP contribution in [0.3, 0.4) is 0 Å². The molecule has 0 saturated heterocycles. The maximum absolute atomic E-state index is 12.0. The molecule has 0 aliphatic rings. The average molecular weight is 353 g/mol. The van der Waals surface area contributed by atoms with Crippen molar-refractivity contribution in [2.45, 2.75) is 0 Å². The molecule has 1 heterocycles. The van der Waals surface area contributed by atoms with E-state index in [2.05, 4.69) is 26.5 Å². The Balaban J connectivity index is 2.07. The predicted octanol–water partition coefficient (Wildman–Crippen LogP) is 2.82. The maximum atomic E-state index is 12.0. The SMILES string of the molecule is COc1cc(OC)cc(C(=O)NN=Cc2ccc(Br)o2)c1. The fourth-order valence-corrected chi connectivity index (χ4v) is 1.87. The van der Waals surface area contributed by atoms with Crippen molar-refractivity contribution in [3.05, 3.63) is 46.3 Å². The van der Waals surface area contributed by atoms with Crippen LogP contribution in [-0.2, 0) is 0 Å².